The van der Waals surface area contributed by atoms with Gasteiger partial charge in [-0.1, -0.05) is 91.0 Å². The summed E-state index contributed by atoms with van der Waals surface area (Å²) >= 11 is 0. The van der Waals surface area contributed by atoms with E-state index in [9.17, 15) is 0 Å². The Bertz CT molecular complexity index is 2510. The number of benzene rings is 6. The van der Waals surface area contributed by atoms with Gasteiger partial charge in [0.05, 0.1) is 29.1 Å². The average molecular weight is 662 g/mol. The first kappa shape index (κ1) is 30.7. The highest BCUT2D eigenvalue weighted by molar-refractivity contribution is 6.10. The van der Waals surface area contributed by atoms with Crippen molar-refractivity contribution in [3.63, 3.8) is 0 Å². The molecule has 9 rings (SSSR count). The molecule has 0 amide bonds. The third kappa shape index (κ3) is 5.38. The van der Waals surface area contributed by atoms with Crippen LogP contribution in [0.2, 0.25) is 0 Å². The lowest BCUT2D eigenvalue weighted by molar-refractivity contribution is 0.518. The Morgan fingerprint density at radius 1 is 0.529 bits per heavy atom. The molecule has 2 aromatic heterocycles. The topological polar surface area (TPSA) is 27.5 Å². The highest BCUT2D eigenvalue weighted by Gasteiger charge is 2.33. The molecule has 8 aromatic rings. The third-order valence-corrected chi connectivity index (χ3v) is 9.97. The molecule has 0 unspecified atom stereocenters. The van der Waals surface area contributed by atoms with E-state index >= 15 is 0 Å². The summed E-state index contributed by atoms with van der Waals surface area (Å²) in [5, 5.41) is 2.40. The minimum absolute atomic E-state index is 0.0120. The second kappa shape index (κ2) is 12.2. The fourth-order valence-corrected chi connectivity index (χ4v) is 7.53. The molecule has 1 aliphatic rings. The molecule has 0 atom stereocenters. The van der Waals surface area contributed by atoms with E-state index in [-0.39, 0.29) is 5.54 Å². The summed E-state index contributed by atoms with van der Waals surface area (Å²) in [7, 11) is 0. The maximum absolute atomic E-state index is 4.94. The lowest BCUT2D eigenvalue weighted by Crippen LogP contribution is -2.42. The van der Waals surface area contributed by atoms with E-state index in [2.05, 4.69) is 204 Å². The molecule has 0 saturated carbocycles. The molecule has 51 heavy (non-hydrogen) atoms. The highest BCUT2D eigenvalue weighted by atomic mass is 15.4. The highest BCUT2D eigenvalue weighted by Crippen LogP contribution is 2.46. The quantitative estimate of drug-likeness (QED) is 0.177. The molecule has 0 radical (unpaired) electrons. The first-order valence-electron chi connectivity index (χ1n) is 17.6. The Morgan fingerprint density at radius 2 is 1.20 bits per heavy atom. The predicted molar refractivity (Wildman–Crippen MR) is 214 cm³/mol. The molecule has 1 aliphatic heterocycles. The summed E-state index contributed by atoms with van der Waals surface area (Å²) in [6.07, 6.45) is 1.92. The lowest BCUT2D eigenvalue weighted by atomic mass is 10.1. The van der Waals surface area contributed by atoms with Gasteiger partial charge in [0.15, 0.2) is 0 Å². The Morgan fingerprint density at radius 3 is 2.00 bits per heavy atom. The number of pyridine rings is 1. The van der Waals surface area contributed by atoms with E-state index in [0.717, 1.165) is 51.8 Å². The molecule has 6 aromatic carbocycles. The number of aromatic nitrogens is 2. The van der Waals surface area contributed by atoms with Gasteiger partial charge < -0.3 is 14.7 Å². The molecule has 5 nitrogen and oxygen atoms in total. The van der Waals surface area contributed by atoms with E-state index in [1.807, 2.05) is 6.20 Å². The Kier molecular flexibility index (Phi) is 7.36. The Labute approximate surface area is 299 Å². The second-order valence-corrected chi connectivity index (χ2v) is 14.2. The van der Waals surface area contributed by atoms with E-state index in [1.165, 1.54) is 27.7 Å². The van der Waals surface area contributed by atoms with Crippen LogP contribution < -0.4 is 14.7 Å². The van der Waals surface area contributed by atoms with E-state index in [1.54, 1.807) is 0 Å². The summed E-state index contributed by atoms with van der Waals surface area (Å²) in [4.78, 5) is 12.2. The molecular weight excluding hydrogens is 623 g/mol. The molecule has 0 bridgehead atoms. The monoisotopic (exact) mass is 661 g/mol. The maximum atomic E-state index is 4.94. The Balaban J connectivity index is 1.20. The molecule has 0 fully saturated rings. The van der Waals surface area contributed by atoms with E-state index < -0.39 is 0 Å². The minimum atomic E-state index is -0.0120. The number of para-hydroxylation sites is 4. The van der Waals surface area contributed by atoms with Gasteiger partial charge in [0, 0.05) is 45.3 Å². The fourth-order valence-electron chi connectivity index (χ4n) is 7.53. The number of nitrogens with zero attached hydrogens (tertiary/aromatic N) is 5. The van der Waals surface area contributed by atoms with Crippen LogP contribution in [0.4, 0.5) is 34.1 Å². The smallest absolute Gasteiger partial charge is 0.138 e. The van der Waals surface area contributed by atoms with Crippen LogP contribution in [0, 0.1) is 0 Å². The number of hydrogen-bond acceptors (Lipinski definition) is 4. The molecule has 248 valence electrons. The molecule has 0 spiro atoms. The maximum Gasteiger partial charge on any atom is 0.138 e. The molecular formula is C46H39N5. The van der Waals surface area contributed by atoms with Crippen LogP contribution in [0.1, 0.15) is 20.8 Å². The number of anilines is 6. The van der Waals surface area contributed by atoms with Crippen molar-refractivity contribution < 1.29 is 0 Å². The van der Waals surface area contributed by atoms with Crippen molar-refractivity contribution in [1.29, 1.82) is 0 Å². The largest absolute Gasteiger partial charge is 0.347 e. The average Bonchev–Trinajstić information content (AvgIpc) is 3.73. The van der Waals surface area contributed by atoms with Gasteiger partial charge in [-0.3, -0.25) is 4.57 Å². The predicted octanol–water partition coefficient (Wildman–Crippen LogP) is 12.0. The fraction of sp³-hybridized carbons (Fsp3) is 0.109. The van der Waals surface area contributed by atoms with Crippen molar-refractivity contribution in [3.8, 4) is 16.9 Å². The number of rotatable bonds is 6. The minimum Gasteiger partial charge on any atom is -0.347 e. The Hall–Kier alpha value is -6.33. The normalized spacial score (nSPS) is 12.8. The van der Waals surface area contributed by atoms with Gasteiger partial charge >= 0.3 is 0 Å². The molecule has 0 aliphatic carbocycles. The molecule has 3 heterocycles. The molecule has 0 N–H and O–H groups in total. The first-order valence-corrected chi connectivity index (χ1v) is 17.6. The van der Waals surface area contributed by atoms with Crippen molar-refractivity contribution in [1.82, 2.24) is 9.55 Å². The summed E-state index contributed by atoms with van der Waals surface area (Å²) in [6.45, 7) is 7.63. The van der Waals surface area contributed by atoms with Gasteiger partial charge in [-0.05, 0) is 105 Å². The van der Waals surface area contributed by atoms with Gasteiger partial charge in [0.2, 0.25) is 0 Å². The van der Waals surface area contributed by atoms with Crippen LogP contribution in [-0.2, 0) is 0 Å². The van der Waals surface area contributed by atoms with Crippen molar-refractivity contribution in [3.05, 3.63) is 170 Å². The van der Waals surface area contributed by atoms with E-state index in [4.69, 9.17) is 4.98 Å². The summed E-state index contributed by atoms with van der Waals surface area (Å²) in [5.74, 6) is 0.893. The molecule has 5 heteroatoms. The molecule has 0 saturated heterocycles. The SMILES string of the molecule is CC(C)(C)N1CN(c2cccc(N(c3ccccc3)c3ccc4c5ccccc5n(-c5cc(-c6ccccc6)ccn5)c4c3)c2)c2ccccc21. The van der Waals surface area contributed by atoms with Crippen LogP contribution in [0.25, 0.3) is 38.8 Å². The van der Waals surface area contributed by atoms with Crippen LogP contribution in [0.3, 0.4) is 0 Å². The van der Waals surface area contributed by atoms with Crippen LogP contribution in [-0.4, -0.2) is 21.8 Å². The third-order valence-electron chi connectivity index (χ3n) is 9.97. The van der Waals surface area contributed by atoms with Gasteiger partial charge in [-0.15, -0.1) is 0 Å². The van der Waals surface area contributed by atoms with E-state index in [0.29, 0.717) is 0 Å². The van der Waals surface area contributed by atoms with Crippen LogP contribution >= 0.6 is 0 Å². The van der Waals surface area contributed by atoms with Gasteiger partial charge in [-0.2, -0.15) is 0 Å². The number of fused-ring (bicyclic) bond motifs is 4. The summed E-state index contributed by atoms with van der Waals surface area (Å²) in [6, 6.07) is 58.6. The second-order valence-electron chi connectivity index (χ2n) is 14.2. The van der Waals surface area contributed by atoms with Crippen molar-refractivity contribution in [2.45, 2.75) is 26.3 Å². The lowest BCUT2D eigenvalue weighted by Gasteiger charge is -2.34. The van der Waals surface area contributed by atoms with Gasteiger partial charge in [0.1, 0.15) is 5.82 Å². The zero-order chi connectivity index (χ0) is 34.5. The van der Waals surface area contributed by atoms with Gasteiger partial charge in [0.25, 0.3) is 0 Å². The summed E-state index contributed by atoms with van der Waals surface area (Å²) in [5.41, 5.74) is 11.5. The first-order chi connectivity index (χ1) is 24.9. The van der Waals surface area contributed by atoms with Crippen LogP contribution in [0.15, 0.2) is 170 Å². The summed E-state index contributed by atoms with van der Waals surface area (Å²) < 4.78 is 2.31. The number of hydrogen-bond donors (Lipinski definition) is 0. The zero-order valence-electron chi connectivity index (χ0n) is 29.1. The van der Waals surface area contributed by atoms with Crippen molar-refractivity contribution >= 4 is 55.9 Å². The van der Waals surface area contributed by atoms with Crippen LogP contribution in [0.5, 0.6) is 0 Å². The zero-order valence-corrected chi connectivity index (χ0v) is 29.1. The standard InChI is InChI=1S/C46H39N5/c1-46(2,3)49-32-48(42-23-12-13-24-43(42)49)36-19-14-20-37(30-36)50(35-17-8-5-9-18-35)38-25-26-40-39-21-10-11-22-41(39)51(44(40)31-38)45-29-34(27-28-47-45)33-15-6-4-7-16-33/h4-31H,32H2,1-3H3. The van der Waals surface area contributed by atoms with Crippen molar-refractivity contribution in [2.75, 3.05) is 21.4 Å². The van der Waals surface area contributed by atoms with Crippen molar-refractivity contribution in [2.24, 2.45) is 0 Å². The van der Waals surface area contributed by atoms with Gasteiger partial charge in [-0.25, -0.2) is 4.98 Å².